The van der Waals surface area contributed by atoms with Crippen molar-refractivity contribution in [2.75, 3.05) is 43.4 Å². The molecule has 6 nitrogen and oxygen atoms in total. The van der Waals surface area contributed by atoms with E-state index < -0.39 is 0 Å². The van der Waals surface area contributed by atoms with Crippen molar-refractivity contribution < 1.29 is 0 Å². The molecule has 3 aromatic rings. The molecule has 2 fully saturated rings. The summed E-state index contributed by atoms with van der Waals surface area (Å²) in [5.74, 6) is 0.691. The second-order valence-corrected chi connectivity index (χ2v) is 9.07. The molecule has 0 atom stereocenters. The summed E-state index contributed by atoms with van der Waals surface area (Å²) in [4.78, 5) is 20.0. The largest absolute Gasteiger partial charge is 0.351 e. The Bertz CT molecular complexity index is 1010. The third-order valence-electron chi connectivity index (χ3n) is 5.29. The van der Waals surface area contributed by atoms with Crippen molar-refractivity contribution in [1.82, 2.24) is 19.9 Å². The van der Waals surface area contributed by atoms with Crippen molar-refractivity contribution in [2.24, 2.45) is 0 Å². The van der Waals surface area contributed by atoms with Crippen LogP contribution in [0.25, 0.3) is 21.8 Å². The lowest BCUT2D eigenvalue weighted by atomic mass is 10.1. The first-order chi connectivity index (χ1) is 14.2. The molecule has 1 N–H and O–H groups in total. The fourth-order valence-electron chi connectivity index (χ4n) is 3.41. The molecular weight excluding hydrogens is 404 g/mol. The van der Waals surface area contributed by atoms with E-state index in [4.69, 9.17) is 21.6 Å². The summed E-state index contributed by atoms with van der Waals surface area (Å²) in [5, 5.41) is 5.14. The smallest absolute Gasteiger partial charge is 0.223 e. The number of thiazole rings is 1. The molecular formula is C21H23ClN6S. The van der Waals surface area contributed by atoms with Crippen LogP contribution in [0.15, 0.2) is 36.5 Å². The van der Waals surface area contributed by atoms with Crippen LogP contribution < -0.4 is 10.2 Å². The average molecular weight is 427 g/mol. The Morgan fingerprint density at radius 3 is 2.69 bits per heavy atom. The molecule has 1 aliphatic heterocycles. The number of benzene rings is 1. The quantitative estimate of drug-likeness (QED) is 0.658. The predicted molar refractivity (Wildman–Crippen MR) is 120 cm³/mol. The Hall–Kier alpha value is -2.22. The Labute approximate surface area is 179 Å². The van der Waals surface area contributed by atoms with Crippen LogP contribution in [0.2, 0.25) is 5.02 Å². The number of aromatic nitrogens is 3. The van der Waals surface area contributed by atoms with E-state index in [9.17, 15) is 0 Å². The molecule has 8 heteroatoms. The minimum Gasteiger partial charge on any atom is -0.351 e. The molecule has 1 aromatic carbocycles. The molecule has 150 valence electrons. The molecule has 1 saturated carbocycles. The summed E-state index contributed by atoms with van der Waals surface area (Å²) in [5.41, 5.74) is 2.85. The van der Waals surface area contributed by atoms with Gasteiger partial charge >= 0.3 is 0 Å². The highest BCUT2D eigenvalue weighted by Gasteiger charge is 2.24. The van der Waals surface area contributed by atoms with Gasteiger partial charge in [0.1, 0.15) is 0 Å². The van der Waals surface area contributed by atoms with E-state index in [1.807, 2.05) is 30.5 Å². The van der Waals surface area contributed by atoms with Crippen molar-refractivity contribution in [2.45, 2.75) is 18.9 Å². The van der Waals surface area contributed by atoms with Crippen LogP contribution in [0.4, 0.5) is 11.1 Å². The van der Waals surface area contributed by atoms with Crippen molar-refractivity contribution in [1.29, 1.82) is 0 Å². The minimum absolute atomic E-state index is 0.514. The van der Waals surface area contributed by atoms with Crippen LogP contribution in [0.3, 0.4) is 0 Å². The van der Waals surface area contributed by atoms with E-state index >= 15 is 0 Å². The highest BCUT2D eigenvalue weighted by molar-refractivity contribution is 7.19. The van der Waals surface area contributed by atoms with Crippen LogP contribution in [0.1, 0.15) is 12.8 Å². The second-order valence-electron chi connectivity index (χ2n) is 7.66. The van der Waals surface area contributed by atoms with Crippen LogP contribution in [0.5, 0.6) is 0 Å². The number of piperazine rings is 1. The summed E-state index contributed by atoms with van der Waals surface area (Å²) >= 11 is 7.98. The number of hydrogen-bond donors (Lipinski definition) is 1. The zero-order chi connectivity index (χ0) is 19.8. The lowest BCUT2D eigenvalue weighted by molar-refractivity contribution is 0.313. The molecule has 1 saturated heterocycles. The maximum Gasteiger partial charge on any atom is 0.223 e. The van der Waals surface area contributed by atoms with E-state index in [-0.39, 0.29) is 0 Å². The Morgan fingerprint density at radius 1 is 1.10 bits per heavy atom. The van der Waals surface area contributed by atoms with Crippen molar-refractivity contribution in [3.63, 3.8) is 0 Å². The van der Waals surface area contributed by atoms with E-state index in [0.717, 1.165) is 53.1 Å². The number of rotatable bonds is 5. The van der Waals surface area contributed by atoms with Gasteiger partial charge in [0.2, 0.25) is 5.95 Å². The third kappa shape index (κ3) is 4.22. The summed E-state index contributed by atoms with van der Waals surface area (Å²) in [7, 11) is 2.16. The van der Waals surface area contributed by atoms with Crippen molar-refractivity contribution >= 4 is 34.0 Å². The SMILES string of the molecule is CN1CCN(c2nc(-c3cccc(Cl)c3)c(-c3ccnc(NC4CC4)n3)s2)CC1. The third-order valence-corrected chi connectivity index (χ3v) is 6.66. The minimum atomic E-state index is 0.514. The molecule has 3 heterocycles. The lowest BCUT2D eigenvalue weighted by Gasteiger charge is -2.32. The van der Waals surface area contributed by atoms with Gasteiger partial charge < -0.3 is 15.1 Å². The molecule has 1 aliphatic carbocycles. The fraction of sp³-hybridized carbons (Fsp3) is 0.381. The normalized spacial score (nSPS) is 17.5. The summed E-state index contributed by atoms with van der Waals surface area (Å²) in [6, 6.07) is 10.4. The van der Waals surface area contributed by atoms with Crippen LogP contribution in [-0.4, -0.2) is 59.1 Å². The maximum atomic E-state index is 6.28. The Kier molecular flexibility index (Phi) is 5.11. The predicted octanol–water partition coefficient (Wildman–Crippen LogP) is 4.25. The molecule has 29 heavy (non-hydrogen) atoms. The number of hydrogen-bond acceptors (Lipinski definition) is 7. The Morgan fingerprint density at radius 2 is 1.93 bits per heavy atom. The van der Waals surface area contributed by atoms with E-state index in [1.54, 1.807) is 11.3 Å². The number of nitrogens with one attached hydrogen (secondary N) is 1. The topological polar surface area (TPSA) is 57.2 Å². The van der Waals surface area contributed by atoms with Crippen LogP contribution in [-0.2, 0) is 0 Å². The number of likely N-dealkylation sites (N-methyl/N-ethyl adjacent to an activating group) is 1. The van der Waals surface area contributed by atoms with Gasteiger partial charge in [-0.25, -0.2) is 15.0 Å². The average Bonchev–Trinajstić information content (AvgIpc) is 3.43. The van der Waals surface area contributed by atoms with Gasteiger partial charge in [0.15, 0.2) is 5.13 Å². The zero-order valence-electron chi connectivity index (χ0n) is 16.3. The molecule has 2 aromatic heterocycles. The van der Waals surface area contributed by atoms with Gasteiger partial charge in [-0.05, 0) is 38.1 Å². The van der Waals surface area contributed by atoms with Gasteiger partial charge in [-0.15, -0.1) is 0 Å². The lowest BCUT2D eigenvalue weighted by Crippen LogP contribution is -2.44. The standard InChI is InChI=1S/C21H23ClN6S/c1-27-9-11-28(12-10-27)21-26-18(14-3-2-4-15(22)13-14)19(29-21)17-7-8-23-20(25-17)24-16-5-6-16/h2-4,7-8,13,16H,5-6,9-12H2,1H3,(H,23,24,25). The molecule has 0 spiro atoms. The summed E-state index contributed by atoms with van der Waals surface area (Å²) in [6.07, 6.45) is 4.20. The van der Waals surface area contributed by atoms with Crippen LogP contribution in [0, 0.1) is 0 Å². The first-order valence-corrected chi connectivity index (χ1v) is 11.2. The van der Waals surface area contributed by atoms with E-state index in [1.165, 1.54) is 12.8 Å². The van der Waals surface area contributed by atoms with E-state index in [2.05, 4.69) is 33.2 Å². The Balaban J connectivity index is 1.55. The first kappa shape index (κ1) is 18.8. The zero-order valence-corrected chi connectivity index (χ0v) is 17.9. The monoisotopic (exact) mass is 426 g/mol. The van der Waals surface area contributed by atoms with E-state index in [0.29, 0.717) is 17.0 Å². The van der Waals surface area contributed by atoms with Gasteiger partial charge in [-0.1, -0.05) is 35.1 Å². The number of halogens is 1. The van der Waals surface area contributed by atoms with Gasteiger partial charge in [-0.3, -0.25) is 0 Å². The highest BCUT2D eigenvalue weighted by Crippen LogP contribution is 2.40. The summed E-state index contributed by atoms with van der Waals surface area (Å²) < 4.78 is 0. The molecule has 0 bridgehead atoms. The molecule has 0 unspecified atom stereocenters. The van der Waals surface area contributed by atoms with Gasteiger partial charge in [0, 0.05) is 49.0 Å². The van der Waals surface area contributed by atoms with Crippen molar-refractivity contribution in [3.05, 3.63) is 41.6 Å². The van der Waals surface area contributed by atoms with Gasteiger partial charge in [0.05, 0.1) is 16.3 Å². The molecule has 2 aliphatic rings. The molecule has 0 radical (unpaired) electrons. The van der Waals surface area contributed by atoms with Gasteiger partial charge in [0.25, 0.3) is 0 Å². The summed E-state index contributed by atoms with van der Waals surface area (Å²) in [6.45, 7) is 4.06. The number of anilines is 2. The maximum absolute atomic E-state index is 6.28. The molecule has 0 amide bonds. The van der Waals surface area contributed by atoms with Crippen molar-refractivity contribution in [3.8, 4) is 21.8 Å². The first-order valence-electron chi connectivity index (χ1n) is 9.96. The second kappa shape index (κ2) is 7.89. The highest BCUT2D eigenvalue weighted by atomic mass is 35.5. The number of nitrogens with zero attached hydrogens (tertiary/aromatic N) is 5. The molecule has 5 rings (SSSR count). The van der Waals surface area contributed by atoms with Crippen LogP contribution >= 0.6 is 22.9 Å². The van der Waals surface area contributed by atoms with Gasteiger partial charge in [-0.2, -0.15) is 0 Å². The fourth-order valence-corrected chi connectivity index (χ4v) is 4.71.